The summed E-state index contributed by atoms with van der Waals surface area (Å²) in [5.41, 5.74) is 2.87. The fourth-order valence-corrected chi connectivity index (χ4v) is 4.01. The maximum Gasteiger partial charge on any atom is 0.169 e. The average Bonchev–Trinajstić information content (AvgIpc) is 2.75. The minimum Gasteiger partial charge on any atom is -1.00 e. The van der Waals surface area contributed by atoms with Crippen molar-refractivity contribution in [3.63, 3.8) is 0 Å². The molecule has 0 spiro atoms. The summed E-state index contributed by atoms with van der Waals surface area (Å²) in [5, 5.41) is 0. The molecule has 0 unspecified atom stereocenters. The van der Waals surface area contributed by atoms with E-state index in [1.807, 2.05) is 0 Å². The highest BCUT2D eigenvalue weighted by atomic mass is 35.5. The standard InChI is InChI=1S/C28H46N2.2ClH/c1-25(2)27-15-21-29(22-16-27)19-13-11-9-7-5-6-8-10-12-14-20-30-23-17-28(18-24-30)26(3)4;;/h15-18,21-26H,5-14,19-20H2,1-4H3;2*1H/q+2;;/p-2. The minimum atomic E-state index is 0. The molecule has 0 aliphatic heterocycles. The number of hydrogen-bond acceptors (Lipinski definition) is 0. The van der Waals surface area contributed by atoms with Crippen LogP contribution in [0.3, 0.4) is 0 Å². The highest BCUT2D eigenvalue weighted by Gasteiger charge is 2.05. The van der Waals surface area contributed by atoms with Crippen LogP contribution in [0.1, 0.15) is 115 Å². The zero-order valence-corrected chi connectivity index (χ0v) is 22.4. The number of halogens is 2. The second kappa shape index (κ2) is 18.3. The lowest BCUT2D eigenvalue weighted by atomic mass is 10.1. The smallest absolute Gasteiger partial charge is 0.169 e. The summed E-state index contributed by atoms with van der Waals surface area (Å²) in [6.45, 7) is 11.3. The van der Waals surface area contributed by atoms with Crippen molar-refractivity contribution in [1.29, 1.82) is 0 Å². The number of aromatic nitrogens is 2. The summed E-state index contributed by atoms with van der Waals surface area (Å²) >= 11 is 0. The molecule has 2 heterocycles. The normalized spacial score (nSPS) is 10.8. The van der Waals surface area contributed by atoms with Gasteiger partial charge in [-0.2, -0.15) is 0 Å². The van der Waals surface area contributed by atoms with Gasteiger partial charge in [-0.3, -0.25) is 0 Å². The van der Waals surface area contributed by atoms with Gasteiger partial charge >= 0.3 is 0 Å². The molecule has 0 aliphatic rings. The van der Waals surface area contributed by atoms with Gasteiger partial charge in [-0.15, -0.1) is 0 Å². The van der Waals surface area contributed by atoms with E-state index in [1.54, 1.807) is 0 Å². The quantitative estimate of drug-likeness (QED) is 0.266. The van der Waals surface area contributed by atoms with Crippen molar-refractivity contribution in [1.82, 2.24) is 0 Å². The molecule has 0 amide bonds. The van der Waals surface area contributed by atoms with Crippen molar-refractivity contribution >= 4 is 0 Å². The summed E-state index contributed by atoms with van der Waals surface area (Å²) < 4.78 is 4.67. The Hall–Kier alpha value is -1.12. The van der Waals surface area contributed by atoms with E-state index in [9.17, 15) is 0 Å². The van der Waals surface area contributed by atoms with Crippen LogP contribution in [0.4, 0.5) is 0 Å². The SMILES string of the molecule is CC(C)c1cc[n+](CCCCCCCCCCCC[n+]2ccc(C(C)C)cc2)cc1.[Cl-].[Cl-]. The largest absolute Gasteiger partial charge is 1.00 e. The van der Waals surface area contributed by atoms with Gasteiger partial charge in [0.15, 0.2) is 24.8 Å². The van der Waals surface area contributed by atoms with Gasteiger partial charge < -0.3 is 24.8 Å². The van der Waals surface area contributed by atoms with E-state index in [0.29, 0.717) is 11.8 Å². The first-order chi connectivity index (χ1) is 14.6. The molecular weight excluding hydrogens is 435 g/mol. The molecule has 2 aromatic rings. The summed E-state index contributed by atoms with van der Waals surface area (Å²) in [4.78, 5) is 0. The summed E-state index contributed by atoms with van der Waals surface area (Å²) in [6.07, 6.45) is 22.8. The second-order valence-corrected chi connectivity index (χ2v) is 9.58. The molecule has 32 heavy (non-hydrogen) atoms. The Bertz CT molecular complexity index is 620. The van der Waals surface area contributed by atoms with Gasteiger partial charge in [0.2, 0.25) is 0 Å². The Kier molecular flexibility index (Phi) is 17.7. The zero-order valence-electron chi connectivity index (χ0n) is 20.9. The lowest BCUT2D eigenvalue weighted by molar-refractivity contribution is -0.697. The summed E-state index contributed by atoms with van der Waals surface area (Å²) in [5.74, 6) is 1.25. The average molecular weight is 482 g/mol. The number of nitrogens with zero attached hydrogens (tertiary/aromatic N) is 2. The number of unbranched alkanes of at least 4 members (excludes halogenated alkanes) is 9. The van der Waals surface area contributed by atoms with Crippen LogP contribution >= 0.6 is 0 Å². The van der Waals surface area contributed by atoms with Gasteiger partial charge in [-0.25, -0.2) is 9.13 Å². The zero-order chi connectivity index (χ0) is 21.6. The summed E-state index contributed by atoms with van der Waals surface area (Å²) in [7, 11) is 0. The first kappa shape index (κ1) is 30.9. The highest BCUT2D eigenvalue weighted by molar-refractivity contribution is 5.12. The molecule has 2 aromatic heterocycles. The van der Waals surface area contributed by atoms with Crippen LogP contribution in [-0.4, -0.2) is 0 Å². The molecule has 182 valence electrons. The Balaban J connectivity index is 0.00000480. The number of hydrogen-bond donors (Lipinski definition) is 0. The minimum absolute atomic E-state index is 0. The summed E-state index contributed by atoms with van der Waals surface area (Å²) in [6, 6.07) is 9.08. The van der Waals surface area contributed by atoms with Crippen LogP contribution in [0.25, 0.3) is 0 Å². The van der Waals surface area contributed by atoms with Crippen LogP contribution in [0.2, 0.25) is 0 Å². The van der Waals surface area contributed by atoms with E-state index in [0.717, 1.165) is 13.1 Å². The van der Waals surface area contributed by atoms with Crippen LogP contribution in [0, 0.1) is 0 Å². The number of pyridine rings is 2. The molecule has 0 atom stereocenters. The molecule has 4 heteroatoms. The van der Waals surface area contributed by atoms with Crippen LogP contribution in [-0.2, 0) is 13.1 Å². The predicted molar refractivity (Wildman–Crippen MR) is 128 cm³/mol. The Labute approximate surface area is 210 Å². The van der Waals surface area contributed by atoms with E-state index in [4.69, 9.17) is 0 Å². The van der Waals surface area contributed by atoms with E-state index in [1.165, 1.54) is 75.3 Å². The molecule has 0 saturated heterocycles. The van der Waals surface area contributed by atoms with Gasteiger partial charge in [-0.05, 0) is 35.8 Å². The molecule has 0 radical (unpaired) electrons. The maximum atomic E-state index is 2.34. The molecule has 2 rings (SSSR count). The van der Waals surface area contributed by atoms with E-state index in [2.05, 4.69) is 85.9 Å². The second-order valence-electron chi connectivity index (χ2n) is 9.58. The molecular formula is C28H46Cl2N2. The van der Waals surface area contributed by atoms with Gasteiger partial charge in [0.25, 0.3) is 0 Å². The van der Waals surface area contributed by atoms with Crippen molar-refractivity contribution < 1.29 is 33.9 Å². The highest BCUT2D eigenvalue weighted by Crippen LogP contribution is 2.13. The lowest BCUT2D eigenvalue weighted by Gasteiger charge is -2.04. The molecule has 0 aromatic carbocycles. The van der Waals surface area contributed by atoms with E-state index < -0.39 is 0 Å². The van der Waals surface area contributed by atoms with Crippen LogP contribution < -0.4 is 33.9 Å². The lowest BCUT2D eigenvalue weighted by Crippen LogP contribution is -3.00. The van der Waals surface area contributed by atoms with Crippen molar-refractivity contribution in [3.8, 4) is 0 Å². The van der Waals surface area contributed by atoms with Crippen molar-refractivity contribution in [2.24, 2.45) is 0 Å². The Morgan fingerprint density at radius 2 is 0.719 bits per heavy atom. The van der Waals surface area contributed by atoms with Gasteiger partial charge in [0.1, 0.15) is 13.1 Å². The fourth-order valence-electron chi connectivity index (χ4n) is 4.01. The molecule has 0 fully saturated rings. The monoisotopic (exact) mass is 480 g/mol. The van der Waals surface area contributed by atoms with Gasteiger partial charge in [-0.1, -0.05) is 66.2 Å². The van der Waals surface area contributed by atoms with E-state index >= 15 is 0 Å². The molecule has 0 bridgehead atoms. The predicted octanol–water partition coefficient (Wildman–Crippen LogP) is 1.12. The molecule has 2 nitrogen and oxygen atoms in total. The Morgan fingerprint density at radius 1 is 0.469 bits per heavy atom. The molecule has 0 N–H and O–H groups in total. The third-order valence-electron chi connectivity index (χ3n) is 6.25. The van der Waals surface area contributed by atoms with Crippen LogP contribution in [0.5, 0.6) is 0 Å². The first-order valence-corrected chi connectivity index (χ1v) is 12.5. The van der Waals surface area contributed by atoms with Crippen LogP contribution in [0.15, 0.2) is 49.1 Å². The Morgan fingerprint density at radius 3 is 0.969 bits per heavy atom. The van der Waals surface area contributed by atoms with Gasteiger partial charge in [0.05, 0.1) is 0 Å². The maximum absolute atomic E-state index is 2.34. The van der Waals surface area contributed by atoms with Crippen molar-refractivity contribution in [3.05, 3.63) is 60.2 Å². The third-order valence-corrected chi connectivity index (χ3v) is 6.25. The number of aryl methyl sites for hydroxylation is 2. The molecule has 0 aliphatic carbocycles. The topological polar surface area (TPSA) is 7.76 Å². The van der Waals surface area contributed by atoms with Crippen molar-refractivity contribution in [2.75, 3.05) is 0 Å². The van der Waals surface area contributed by atoms with E-state index in [-0.39, 0.29) is 24.8 Å². The number of rotatable bonds is 15. The first-order valence-electron chi connectivity index (χ1n) is 12.5. The fraction of sp³-hybridized carbons (Fsp3) is 0.643. The third kappa shape index (κ3) is 12.8. The molecule has 0 saturated carbocycles. The van der Waals surface area contributed by atoms with Gasteiger partial charge in [0, 0.05) is 37.1 Å². The van der Waals surface area contributed by atoms with Crippen molar-refractivity contribution in [2.45, 2.75) is 117 Å².